The van der Waals surface area contributed by atoms with Gasteiger partial charge in [0, 0.05) is 30.6 Å². The maximum Gasteiger partial charge on any atom is 0.272 e. The van der Waals surface area contributed by atoms with Gasteiger partial charge in [-0.1, -0.05) is 50.6 Å². The Hall–Kier alpha value is -3.82. The second kappa shape index (κ2) is 14.1. The number of nitrogens with zero attached hydrogens (tertiary/aromatic N) is 3. The van der Waals surface area contributed by atoms with Gasteiger partial charge in [-0.3, -0.25) is 9.59 Å². The number of hydrogen-bond donors (Lipinski definition) is 4. The second-order valence-electron chi connectivity index (χ2n) is 8.50. The molecule has 1 aromatic heterocycles. The van der Waals surface area contributed by atoms with Crippen molar-refractivity contribution in [2.24, 2.45) is 10.9 Å². The van der Waals surface area contributed by atoms with E-state index in [1.54, 1.807) is 37.5 Å². The maximum absolute atomic E-state index is 13.3. The number of hydrogen-bond acceptors (Lipinski definition) is 7. The Morgan fingerprint density at radius 1 is 1.11 bits per heavy atom. The average molecular weight is 504 g/mol. The fourth-order valence-electron chi connectivity index (χ4n) is 4.34. The molecule has 1 saturated heterocycles. The summed E-state index contributed by atoms with van der Waals surface area (Å²) >= 11 is 0. The first-order chi connectivity index (χ1) is 18.1. The van der Waals surface area contributed by atoms with Gasteiger partial charge in [0.05, 0.1) is 12.2 Å². The molecule has 0 aliphatic carbocycles. The van der Waals surface area contributed by atoms with Crippen LogP contribution in [-0.4, -0.2) is 47.3 Å². The molecule has 0 radical (unpaired) electrons. The molecule has 4 rings (SSSR count). The van der Waals surface area contributed by atoms with Gasteiger partial charge in [0.15, 0.2) is 5.69 Å². The second-order valence-corrected chi connectivity index (χ2v) is 8.50. The molecule has 0 saturated carbocycles. The summed E-state index contributed by atoms with van der Waals surface area (Å²) in [6, 6.07) is 14.9. The Labute approximate surface area is 218 Å². The number of carbonyl (C=O) groups excluding carboxylic acids is 2. The molecule has 9 heteroatoms. The quantitative estimate of drug-likeness (QED) is 0.209. The predicted molar refractivity (Wildman–Crippen MR) is 149 cm³/mol. The van der Waals surface area contributed by atoms with E-state index < -0.39 is 0 Å². The predicted octanol–water partition coefficient (Wildman–Crippen LogP) is 4.07. The van der Waals surface area contributed by atoms with Gasteiger partial charge in [-0.25, -0.2) is 15.9 Å². The highest BCUT2D eigenvalue weighted by Gasteiger charge is 2.19. The van der Waals surface area contributed by atoms with Gasteiger partial charge < -0.3 is 16.0 Å². The van der Waals surface area contributed by atoms with E-state index in [-0.39, 0.29) is 23.6 Å². The highest BCUT2D eigenvalue weighted by Crippen LogP contribution is 2.25. The molecule has 9 nitrogen and oxygen atoms in total. The molecule has 37 heavy (non-hydrogen) atoms. The van der Waals surface area contributed by atoms with E-state index in [0.29, 0.717) is 24.3 Å². The number of carbonyl (C=O) groups is 2. The Morgan fingerprint density at radius 3 is 2.62 bits per heavy atom. The summed E-state index contributed by atoms with van der Waals surface area (Å²) in [4.78, 5) is 30.4. The molecule has 1 aliphatic heterocycles. The van der Waals surface area contributed by atoms with Crippen LogP contribution in [0.4, 0.5) is 5.69 Å². The largest absolute Gasteiger partial charge is 0.349 e. The number of amides is 2. The number of pyridine rings is 1. The molecule has 1 atom stereocenters. The smallest absolute Gasteiger partial charge is 0.272 e. The van der Waals surface area contributed by atoms with E-state index in [4.69, 9.17) is 5.84 Å². The lowest BCUT2D eigenvalue weighted by Crippen LogP contribution is -2.43. The van der Waals surface area contributed by atoms with Crippen molar-refractivity contribution in [1.82, 2.24) is 20.7 Å². The van der Waals surface area contributed by atoms with Crippen molar-refractivity contribution in [3.05, 3.63) is 71.5 Å². The molecular weight excluding hydrogens is 466 g/mol. The van der Waals surface area contributed by atoms with Crippen LogP contribution in [0.5, 0.6) is 0 Å². The minimum absolute atomic E-state index is 0.189. The van der Waals surface area contributed by atoms with Crippen LogP contribution in [0.3, 0.4) is 0 Å². The summed E-state index contributed by atoms with van der Waals surface area (Å²) in [7, 11) is 0. The summed E-state index contributed by atoms with van der Waals surface area (Å²) in [6.07, 6.45) is 6.51. The number of piperidine rings is 1. The van der Waals surface area contributed by atoms with Crippen LogP contribution >= 0.6 is 0 Å². The zero-order valence-electron chi connectivity index (χ0n) is 21.8. The molecule has 2 amide bonds. The lowest BCUT2D eigenvalue weighted by atomic mass is 9.99. The van der Waals surface area contributed by atoms with Crippen LogP contribution < -0.4 is 21.8 Å². The summed E-state index contributed by atoms with van der Waals surface area (Å²) in [5.74, 6) is 5.30. The number of benzene rings is 2. The third-order valence-electron chi connectivity index (χ3n) is 6.05. The molecule has 2 aromatic carbocycles. The zero-order chi connectivity index (χ0) is 26.6. The lowest BCUT2D eigenvalue weighted by Gasteiger charge is -2.23. The molecule has 0 spiro atoms. The minimum atomic E-state index is -0.320. The van der Waals surface area contributed by atoms with Crippen LogP contribution in [0.25, 0.3) is 10.8 Å². The summed E-state index contributed by atoms with van der Waals surface area (Å²) in [5.41, 5.74) is 2.00. The average Bonchev–Trinajstić information content (AvgIpc) is 2.94. The standard InChI is InChI=1S/C26H31N7O2.C2H6/c1-2-31-33(27)17-18-12-13-22(21-10-4-3-9-20(18)21)25(34)32-23-11-7-15-29-24(23)26(35)30-16-19-8-5-6-14-28-19;1-2/h2-4,7,9-13,15,19,28H,5-6,8,14,16-17,27H2,1H3,(H,30,35)(H,32,34);1-2H3/b31-2-;. The SMILES string of the molecule is C/C=N\N(N)Cc1ccc(C(=O)Nc2cccnc2C(=O)NCC2CCCCN2)c2ccccc12.CC. The van der Waals surface area contributed by atoms with Crippen molar-refractivity contribution in [1.29, 1.82) is 0 Å². The maximum atomic E-state index is 13.3. The van der Waals surface area contributed by atoms with Gasteiger partial charge in [0.25, 0.3) is 11.8 Å². The van der Waals surface area contributed by atoms with E-state index in [9.17, 15) is 9.59 Å². The van der Waals surface area contributed by atoms with Gasteiger partial charge in [-0.15, -0.1) is 0 Å². The zero-order valence-corrected chi connectivity index (χ0v) is 21.8. The fraction of sp³-hybridized carbons (Fsp3) is 0.357. The fourth-order valence-corrected chi connectivity index (χ4v) is 4.34. The van der Waals surface area contributed by atoms with E-state index in [2.05, 4.69) is 26.0 Å². The number of nitrogens with two attached hydrogens (primary N) is 1. The van der Waals surface area contributed by atoms with Gasteiger partial charge in [-0.05, 0) is 60.8 Å². The summed E-state index contributed by atoms with van der Waals surface area (Å²) in [5, 5.41) is 16.4. The van der Waals surface area contributed by atoms with Gasteiger partial charge in [-0.2, -0.15) is 5.10 Å². The van der Waals surface area contributed by atoms with E-state index in [1.165, 1.54) is 5.12 Å². The van der Waals surface area contributed by atoms with Crippen molar-refractivity contribution >= 4 is 34.5 Å². The Kier molecular flexibility index (Phi) is 10.5. The Balaban J connectivity index is 0.00000186. The molecule has 3 aromatic rings. The van der Waals surface area contributed by atoms with Crippen LogP contribution in [0.15, 0.2) is 59.8 Å². The number of hydrazine groups is 1. The number of nitrogens with one attached hydrogen (secondary N) is 3. The first kappa shape index (κ1) is 27.8. The van der Waals surface area contributed by atoms with Gasteiger partial charge >= 0.3 is 0 Å². The first-order valence-electron chi connectivity index (χ1n) is 12.9. The summed E-state index contributed by atoms with van der Waals surface area (Å²) in [6.45, 7) is 7.68. The molecule has 1 unspecified atom stereocenters. The van der Waals surface area contributed by atoms with E-state index in [1.807, 2.05) is 44.2 Å². The third-order valence-corrected chi connectivity index (χ3v) is 6.05. The molecule has 1 fully saturated rings. The van der Waals surface area contributed by atoms with Crippen molar-refractivity contribution in [2.75, 3.05) is 18.4 Å². The minimum Gasteiger partial charge on any atom is -0.349 e. The van der Waals surface area contributed by atoms with Crippen LogP contribution in [-0.2, 0) is 6.54 Å². The number of anilines is 1. The van der Waals surface area contributed by atoms with Crippen LogP contribution in [0, 0.1) is 0 Å². The van der Waals surface area contributed by atoms with Crippen molar-refractivity contribution in [2.45, 2.75) is 52.6 Å². The number of fused-ring (bicyclic) bond motifs is 1. The Bertz CT molecular complexity index is 1220. The highest BCUT2D eigenvalue weighted by molar-refractivity contribution is 6.15. The molecule has 5 N–H and O–H groups in total. The number of aromatic nitrogens is 1. The van der Waals surface area contributed by atoms with Gasteiger partial charge in [0.1, 0.15) is 0 Å². The van der Waals surface area contributed by atoms with Crippen LogP contribution in [0.2, 0.25) is 0 Å². The first-order valence-corrected chi connectivity index (χ1v) is 12.9. The van der Waals surface area contributed by atoms with E-state index in [0.717, 1.165) is 42.1 Å². The summed E-state index contributed by atoms with van der Waals surface area (Å²) < 4.78 is 0. The van der Waals surface area contributed by atoms with E-state index >= 15 is 0 Å². The third kappa shape index (κ3) is 7.34. The normalized spacial score (nSPS) is 15.1. The van der Waals surface area contributed by atoms with Crippen molar-refractivity contribution in [3.63, 3.8) is 0 Å². The van der Waals surface area contributed by atoms with Crippen molar-refractivity contribution < 1.29 is 9.59 Å². The molecular formula is C28H37N7O2. The van der Waals surface area contributed by atoms with Gasteiger partial charge in [0.2, 0.25) is 0 Å². The topological polar surface area (TPSA) is 125 Å². The monoisotopic (exact) mass is 503 g/mol. The molecule has 1 aliphatic rings. The molecule has 0 bridgehead atoms. The van der Waals surface area contributed by atoms with Crippen LogP contribution in [0.1, 0.15) is 66.4 Å². The molecule has 196 valence electrons. The lowest BCUT2D eigenvalue weighted by molar-refractivity contribution is 0.0943. The van der Waals surface area contributed by atoms with Crippen molar-refractivity contribution in [3.8, 4) is 0 Å². The number of rotatable bonds is 8. The Morgan fingerprint density at radius 2 is 1.89 bits per heavy atom. The highest BCUT2D eigenvalue weighted by atomic mass is 16.2. The molecule has 2 heterocycles. The number of hydrazone groups is 1.